The highest BCUT2D eigenvalue weighted by atomic mass is 19.4. The van der Waals surface area contributed by atoms with Crippen LogP contribution in [0.25, 0.3) is 0 Å². The third-order valence-corrected chi connectivity index (χ3v) is 7.53. The minimum absolute atomic E-state index is 0.0470. The van der Waals surface area contributed by atoms with Gasteiger partial charge in [-0.25, -0.2) is 4.79 Å². The van der Waals surface area contributed by atoms with Crippen molar-refractivity contribution in [1.29, 1.82) is 10.8 Å². The summed E-state index contributed by atoms with van der Waals surface area (Å²) in [4.78, 5) is 48.9. The Morgan fingerprint density at radius 3 is 1.82 bits per heavy atom. The molecule has 0 radical (unpaired) electrons. The van der Waals surface area contributed by atoms with E-state index in [0.717, 1.165) is 16.7 Å². The maximum Gasteiger partial charge on any atom is 0.490 e. The van der Waals surface area contributed by atoms with Crippen molar-refractivity contribution in [3.63, 3.8) is 0 Å². The Morgan fingerprint density at radius 1 is 0.800 bits per heavy atom. The number of hydrogen-bond donors (Lipinski definition) is 9. The quantitative estimate of drug-likeness (QED) is 0.0644. The molecular weight excluding hydrogens is 657 g/mol. The van der Waals surface area contributed by atoms with Crippen molar-refractivity contribution < 1.29 is 37.5 Å². The normalized spacial score (nSPS) is 13.2. The van der Waals surface area contributed by atoms with Gasteiger partial charge in [-0.1, -0.05) is 84.9 Å². The number of benzene rings is 3. The van der Waals surface area contributed by atoms with E-state index in [9.17, 15) is 27.6 Å². The van der Waals surface area contributed by atoms with Crippen LogP contribution in [0.1, 0.15) is 42.0 Å². The van der Waals surface area contributed by atoms with Crippen LogP contribution in [0.15, 0.2) is 84.9 Å². The van der Waals surface area contributed by atoms with Gasteiger partial charge < -0.3 is 38.3 Å². The minimum atomic E-state index is -5.08. The van der Waals surface area contributed by atoms with E-state index in [-0.39, 0.29) is 30.5 Å². The van der Waals surface area contributed by atoms with E-state index in [1.54, 1.807) is 12.1 Å². The summed E-state index contributed by atoms with van der Waals surface area (Å²) >= 11 is 0. The number of guanidine groups is 1. The number of rotatable bonds is 15. The first-order chi connectivity index (χ1) is 23.4. The van der Waals surface area contributed by atoms with E-state index in [0.29, 0.717) is 24.9 Å². The Morgan fingerprint density at radius 2 is 1.34 bits per heavy atom. The number of carboxylic acids is 1. The predicted molar refractivity (Wildman–Crippen MR) is 181 cm³/mol. The van der Waals surface area contributed by atoms with Gasteiger partial charge in [-0.3, -0.25) is 25.2 Å². The number of nitrogens with two attached hydrogens (primary N) is 3. The van der Waals surface area contributed by atoms with Crippen LogP contribution in [0.4, 0.5) is 13.2 Å². The summed E-state index contributed by atoms with van der Waals surface area (Å²) in [5.41, 5.74) is 18.5. The molecule has 3 atom stereocenters. The van der Waals surface area contributed by atoms with Crippen molar-refractivity contribution >= 4 is 35.5 Å². The molecule has 268 valence electrons. The van der Waals surface area contributed by atoms with Crippen LogP contribution in [0.3, 0.4) is 0 Å². The topological polar surface area (TPSA) is 250 Å². The van der Waals surface area contributed by atoms with Gasteiger partial charge in [0.15, 0.2) is 5.96 Å². The average Bonchev–Trinajstić information content (AvgIpc) is 3.06. The lowest BCUT2D eigenvalue weighted by molar-refractivity contribution is -0.192. The first kappa shape index (κ1) is 40.2. The number of nitrogen functional groups attached to an aromatic ring is 1. The fourth-order valence-electron chi connectivity index (χ4n) is 4.79. The third kappa shape index (κ3) is 12.9. The van der Waals surface area contributed by atoms with Gasteiger partial charge in [0.2, 0.25) is 17.7 Å². The number of carbonyl (C=O) groups excluding carboxylic acids is 3. The summed E-state index contributed by atoms with van der Waals surface area (Å²) in [6.45, 7) is 2.16. The van der Waals surface area contributed by atoms with E-state index >= 15 is 0 Å². The van der Waals surface area contributed by atoms with Gasteiger partial charge in [-0.15, -0.1) is 0 Å². The number of amides is 3. The van der Waals surface area contributed by atoms with E-state index < -0.39 is 41.5 Å². The van der Waals surface area contributed by atoms with Crippen LogP contribution in [0.2, 0.25) is 0 Å². The Labute approximate surface area is 286 Å². The molecule has 3 aromatic rings. The Hall–Kier alpha value is -5.93. The minimum Gasteiger partial charge on any atom is -0.475 e. The van der Waals surface area contributed by atoms with Gasteiger partial charge in [0.25, 0.3) is 0 Å². The second kappa shape index (κ2) is 18.6. The average molecular weight is 699 g/mol. The van der Waals surface area contributed by atoms with Crippen molar-refractivity contribution in [2.45, 2.75) is 56.3 Å². The van der Waals surface area contributed by atoms with Crippen LogP contribution >= 0.6 is 0 Å². The number of alkyl halides is 3. The van der Waals surface area contributed by atoms with Crippen molar-refractivity contribution in [2.75, 3.05) is 6.54 Å². The van der Waals surface area contributed by atoms with Crippen LogP contribution in [-0.2, 0) is 37.4 Å². The summed E-state index contributed by atoms with van der Waals surface area (Å²) in [6, 6.07) is 23.7. The van der Waals surface area contributed by atoms with Gasteiger partial charge in [-0.05, 0) is 42.9 Å². The number of halogens is 3. The first-order valence-electron chi connectivity index (χ1n) is 15.3. The molecule has 13 nitrogen and oxygen atoms in total. The van der Waals surface area contributed by atoms with Gasteiger partial charge in [0.1, 0.15) is 17.9 Å². The summed E-state index contributed by atoms with van der Waals surface area (Å²) in [6.07, 6.45) is -3.93. The lowest BCUT2D eigenvalue weighted by atomic mass is 9.76. The number of hydrogen-bond acceptors (Lipinski definition) is 6. The number of primary amides is 1. The lowest BCUT2D eigenvalue weighted by Crippen LogP contribution is -2.56. The zero-order chi connectivity index (χ0) is 37.5. The zero-order valence-electron chi connectivity index (χ0n) is 27.2. The smallest absolute Gasteiger partial charge is 0.475 e. The maximum absolute atomic E-state index is 14.2. The standard InChI is InChI=1S/C32H40N8O3.C2HF3O2/c1-32(24-11-6-3-7-12-24,20-22-14-16-23(17-15-22)27(33)34)30(43)40-26(19-21-9-4-2-5-10-21)29(42)39-25(28(35)41)13-8-18-38-31(36)37;3-2(4,5)1(6)7/h2-7,9-12,14-17,25-26H,8,13,18-20H2,1H3,(H3,33,34)(H2,35,41)(H,39,42)(H,40,43)(H4,36,37,38);(H,6,7)/t25-,26-,32+;/m0./s1. The molecule has 0 aromatic heterocycles. The number of aliphatic carboxylic acids is 1. The molecule has 0 bridgehead atoms. The van der Waals surface area contributed by atoms with E-state index in [1.165, 1.54) is 0 Å². The number of carboxylic acid groups (broad SMARTS) is 1. The van der Waals surface area contributed by atoms with Crippen LogP contribution < -0.4 is 33.2 Å². The van der Waals surface area contributed by atoms with E-state index in [2.05, 4.69) is 16.0 Å². The number of carbonyl (C=O) groups is 4. The molecule has 0 saturated carbocycles. The van der Waals surface area contributed by atoms with Gasteiger partial charge >= 0.3 is 12.1 Å². The van der Waals surface area contributed by atoms with Crippen LogP contribution in [-0.4, -0.2) is 65.4 Å². The largest absolute Gasteiger partial charge is 0.490 e. The van der Waals surface area contributed by atoms with E-state index in [4.69, 9.17) is 37.9 Å². The molecule has 0 heterocycles. The molecule has 3 aromatic carbocycles. The Kier molecular flexibility index (Phi) is 14.9. The zero-order valence-corrected chi connectivity index (χ0v) is 27.2. The summed E-state index contributed by atoms with van der Waals surface area (Å²) in [5, 5.41) is 30.4. The van der Waals surface area contributed by atoms with Gasteiger partial charge in [-0.2, -0.15) is 13.2 Å². The van der Waals surface area contributed by atoms with Crippen molar-refractivity contribution in [2.24, 2.45) is 17.2 Å². The summed E-state index contributed by atoms with van der Waals surface area (Å²) < 4.78 is 31.7. The molecule has 0 aliphatic rings. The monoisotopic (exact) mass is 698 g/mol. The summed E-state index contributed by atoms with van der Waals surface area (Å²) in [7, 11) is 0. The molecule has 0 spiro atoms. The second-order valence-electron chi connectivity index (χ2n) is 11.5. The number of nitrogens with one attached hydrogen (secondary N) is 5. The van der Waals surface area contributed by atoms with Crippen molar-refractivity contribution in [3.05, 3.63) is 107 Å². The number of amidine groups is 1. The van der Waals surface area contributed by atoms with Crippen molar-refractivity contribution in [1.82, 2.24) is 16.0 Å². The molecule has 0 unspecified atom stereocenters. The fraction of sp³-hybridized carbons (Fsp3) is 0.294. The predicted octanol–water partition coefficient (Wildman–Crippen LogP) is 2.07. The molecule has 0 saturated heterocycles. The van der Waals surface area contributed by atoms with E-state index in [1.807, 2.05) is 79.7 Å². The summed E-state index contributed by atoms with van der Waals surface area (Å²) in [5.74, 6) is -4.61. The molecule has 0 aliphatic carbocycles. The molecule has 3 amide bonds. The molecule has 0 fully saturated rings. The van der Waals surface area contributed by atoms with Crippen LogP contribution in [0.5, 0.6) is 0 Å². The van der Waals surface area contributed by atoms with Crippen molar-refractivity contribution in [3.8, 4) is 0 Å². The lowest BCUT2D eigenvalue weighted by Gasteiger charge is -2.32. The molecular formula is C34H41F3N8O5. The molecule has 3 rings (SSSR count). The third-order valence-electron chi connectivity index (χ3n) is 7.53. The highest BCUT2D eigenvalue weighted by Gasteiger charge is 2.39. The Bertz CT molecular complexity index is 1620. The first-order valence-corrected chi connectivity index (χ1v) is 15.3. The maximum atomic E-state index is 14.2. The Balaban J connectivity index is 0.00000112. The molecule has 0 aliphatic heterocycles. The van der Waals surface area contributed by atoms with Crippen LogP contribution in [0, 0.1) is 10.8 Å². The second-order valence-corrected chi connectivity index (χ2v) is 11.5. The highest BCUT2D eigenvalue weighted by molar-refractivity contribution is 5.96. The molecule has 50 heavy (non-hydrogen) atoms. The van der Waals surface area contributed by atoms with Gasteiger partial charge in [0, 0.05) is 18.5 Å². The molecule has 16 heteroatoms. The molecule has 12 N–H and O–H groups in total. The SMILES string of the molecule is C[C@](Cc1ccc(C(=N)N)cc1)(C(=O)N[C@@H](Cc1ccccc1)C(=O)N[C@@H](CCCNC(=N)N)C(N)=O)c1ccccc1.O=C(O)C(F)(F)F. The van der Waals surface area contributed by atoms with Gasteiger partial charge in [0.05, 0.1) is 5.41 Å². The highest BCUT2D eigenvalue weighted by Crippen LogP contribution is 2.29. The fourth-order valence-corrected chi connectivity index (χ4v) is 4.79.